The zero-order valence-electron chi connectivity index (χ0n) is 28.3. The minimum atomic E-state index is -0.376. The summed E-state index contributed by atoms with van der Waals surface area (Å²) in [5, 5.41) is 6.32. The molecule has 4 aliphatic carbocycles. The minimum Gasteiger partial charge on any atom is -0.0837 e. The van der Waals surface area contributed by atoms with Gasteiger partial charge in [0.15, 0.2) is 0 Å². The van der Waals surface area contributed by atoms with Gasteiger partial charge in [0.25, 0.3) is 0 Å². The number of rotatable bonds is 8. The fourth-order valence-corrected chi connectivity index (χ4v) is 11.8. The Bertz CT molecular complexity index is 2060. The van der Waals surface area contributed by atoms with E-state index in [1.807, 2.05) is 0 Å². The molecular formula is C46H42Cl2Si. The van der Waals surface area contributed by atoms with Crippen LogP contribution in [0.4, 0.5) is 0 Å². The second-order valence-corrected chi connectivity index (χ2v) is 16.6. The van der Waals surface area contributed by atoms with Gasteiger partial charge in [-0.15, -0.1) is 0 Å². The van der Waals surface area contributed by atoms with Gasteiger partial charge in [-0.25, -0.2) is 0 Å². The number of hydrogen-bond acceptors (Lipinski definition) is 0. The molecule has 0 saturated carbocycles. The highest BCUT2D eigenvalue weighted by atomic mass is 35.5. The first-order valence-electron chi connectivity index (χ1n) is 18.0. The summed E-state index contributed by atoms with van der Waals surface area (Å²) in [6.45, 7) is 4.67. The molecule has 4 aromatic carbocycles. The quantitative estimate of drug-likeness (QED) is 0.161. The first-order chi connectivity index (χ1) is 24.0. The molecule has 0 heterocycles. The van der Waals surface area contributed by atoms with Gasteiger partial charge in [0, 0.05) is 54.0 Å². The summed E-state index contributed by atoms with van der Waals surface area (Å²) in [7, 11) is -0.376. The van der Waals surface area contributed by atoms with Crippen LogP contribution in [-0.4, -0.2) is 9.52 Å². The van der Waals surface area contributed by atoms with Crippen LogP contribution >= 0.6 is 23.2 Å². The normalized spacial score (nSPS) is 23.1. The molecule has 8 rings (SSSR count). The molecule has 49 heavy (non-hydrogen) atoms. The van der Waals surface area contributed by atoms with Crippen molar-refractivity contribution >= 4 is 54.3 Å². The average Bonchev–Trinajstić information content (AvgIpc) is 3.45. The van der Waals surface area contributed by atoms with Crippen molar-refractivity contribution < 1.29 is 0 Å². The van der Waals surface area contributed by atoms with E-state index in [1.54, 1.807) is 11.1 Å². The lowest BCUT2D eigenvalue weighted by Gasteiger charge is -2.22. The highest BCUT2D eigenvalue weighted by molar-refractivity contribution is 6.36. The number of fused-ring (bicyclic) bond motifs is 2. The van der Waals surface area contributed by atoms with Crippen LogP contribution in [0.15, 0.2) is 167 Å². The van der Waals surface area contributed by atoms with E-state index in [0.717, 1.165) is 33.7 Å². The van der Waals surface area contributed by atoms with Crippen LogP contribution in [-0.2, 0) is 0 Å². The Hall–Kier alpha value is -3.88. The van der Waals surface area contributed by atoms with Crippen molar-refractivity contribution in [3.8, 4) is 0 Å². The molecule has 4 unspecified atom stereocenters. The molecular weight excluding hydrogens is 651 g/mol. The highest BCUT2D eigenvalue weighted by Gasteiger charge is 2.33. The Labute approximate surface area is 303 Å². The van der Waals surface area contributed by atoms with Gasteiger partial charge in [0.2, 0.25) is 0 Å². The van der Waals surface area contributed by atoms with Gasteiger partial charge in [0.1, 0.15) is 0 Å². The molecule has 0 radical (unpaired) electrons. The van der Waals surface area contributed by atoms with E-state index in [2.05, 4.69) is 147 Å². The molecule has 0 spiro atoms. The van der Waals surface area contributed by atoms with Crippen molar-refractivity contribution in [1.29, 1.82) is 0 Å². The molecule has 4 aliphatic rings. The molecule has 0 aromatic heterocycles. The molecule has 0 fully saturated rings. The SMILES string of the molecule is CCC1=CC2=C(C=CC=CC2c2cc(Cl)c3ccccc3c2)C1C[SiH2]CC1C(CC)=CC2=C1C=CC=CC2c1cc(Cl)c2ccccc2c1. The Morgan fingerprint density at radius 1 is 0.551 bits per heavy atom. The van der Waals surface area contributed by atoms with Crippen LogP contribution < -0.4 is 0 Å². The predicted octanol–water partition coefficient (Wildman–Crippen LogP) is 13.0. The van der Waals surface area contributed by atoms with Gasteiger partial charge < -0.3 is 0 Å². The van der Waals surface area contributed by atoms with Crippen molar-refractivity contribution in [2.24, 2.45) is 11.8 Å². The Morgan fingerprint density at radius 2 is 1.00 bits per heavy atom. The molecule has 4 aromatic rings. The van der Waals surface area contributed by atoms with Gasteiger partial charge in [0.05, 0.1) is 0 Å². The maximum Gasteiger partial charge on any atom is 0.0487 e. The number of halogens is 2. The molecule has 3 heteroatoms. The fraction of sp³-hybridized carbons (Fsp3) is 0.217. The van der Waals surface area contributed by atoms with E-state index in [0.29, 0.717) is 11.8 Å². The predicted molar refractivity (Wildman–Crippen MR) is 216 cm³/mol. The first kappa shape index (κ1) is 32.3. The largest absolute Gasteiger partial charge is 0.0837 e. The lowest BCUT2D eigenvalue weighted by Crippen LogP contribution is -2.12. The number of allylic oxidation sites excluding steroid dienone is 16. The second kappa shape index (κ2) is 13.8. The summed E-state index contributed by atoms with van der Waals surface area (Å²) >= 11 is 13.7. The zero-order chi connectivity index (χ0) is 33.5. The summed E-state index contributed by atoms with van der Waals surface area (Å²) in [5.41, 5.74) is 11.7. The second-order valence-electron chi connectivity index (χ2n) is 13.9. The van der Waals surface area contributed by atoms with Crippen LogP contribution in [0.25, 0.3) is 21.5 Å². The monoisotopic (exact) mass is 692 g/mol. The van der Waals surface area contributed by atoms with Crippen molar-refractivity contribution in [3.63, 3.8) is 0 Å². The fourth-order valence-electron chi connectivity index (χ4n) is 8.83. The molecule has 0 amide bonds. The molecule has 0 N–H and O–H groups in total. The van der Waals surface area contributed by atoms with Gasteiger partial charge in [-0.3, -0.25) is 0 Å². The lowest BCUT2D eigenvalue weighted by atomic mass is 9.87. The van der Waals surface area contributed by atoms with E-state index in [9.17, 15) is 0 Å². The van der Waals surface area contributed by atoms with Crippen LogP contribution in [0.1, 0.15) is 49.7 Å². The van der Waals surface area contributed by atoms with Crippen LogP contribution in [0.5, 0.6) is 0 Å². The third-order valence-corrected chi connectivity index (χ3v) is 13.8. The Morgan fingerprint density at radius 3 is 1.45 bits per heavy atom. The third-order valence-electron chi connectivity index (χ3n) is 11.2. The topological polar surface area (TPSA) is 0 Å². The summed E-state index contributed by atoms with van der Waals surface area (Å²) in [6.07, 6.45) is 25.8. The smallest absolute Gasteiger partial charge is 0.0487 e. The van der Waals surface area contributed by atoms with E-state index >= 15 is 0 Å². The molecule has 0 saturated heterocycles. The maximum absolute atomic E-state index is 6.85. The summed E-state index contributed by atoms with van der Waals surface area (Å²) in [6, 6.07) is 28.6. The van der Waals surface area contributed by atoms with Crippen LogP contribution in [0, 0.1) is 11.8 Å². The van der Waals surface area contributed by atoms with E-state index in [4.69, 9.17) is 23.2 Å². The van der Waals surface area contributed by atoms with E-state index < -0.39 is 0 Å². The summed E-state index contributed by atoms with van der Waals surface area (Å²) in [5.74, 6) is 1.45. The Balaban J connectivity index is 1.06. The van der Waals surface area contributed by atoms with Gasteiger partial charge >= 0.3 is 0 Å². The standard InChI is InChI=1S/C46H42Cl2Si/c1-3-29-23-41-35(33-21-31-13-5-7-17-37(31)45(47)25-33)15-9-11-19-39(41)43(29)27-49-28-44-30(4-2)24-42-36(16-10-12-20-40(42)44)34-22-32-14-6-8-18-38(32)46(48)26-34/h5-26,35-36,43-44H,3-4,27-28,49H2,1-2H3. The molecule has 244 valence electrons. The first-order valence-corrected chi connectivity index (χ1v) is 20.7. The lowest BCUT2D eigenvalue weighted by molar-refractivity contribution is 0.759. The molecule has 0 bridgehead atoms. The molecule has 0 aliphatic heterocycles. The van der Waals surface area contributed by atoms with Crippen LogP contribution in [0.3, 0.4) is 0 Å². The molecule has 4 atom stereocenters. The van der Waals surface area contributed by atoms with Gasteiger partial charge in [-0.1, -0.05) is 182 Å². The average molecular weight is 694 g/mol. The van der Waals surface area contributed by atoms with E-state index in [-0.39, 0.29) is 21.4 Å². The van der Waals surface area contributed by atoms with E-state index in [1.165, 1.54) is 56.3 Å². The number of benzene rings is 4. The van der Waals surface area contributed by atoms with Gasteiger partial charge in [-0.2, -0.15) is 0 Å². The Kier molecular flexibility index (Phi) is 9.10. The summed E-state index contributed by atoms with van der Waals surface area (Å²) in [4.78, 5) is 0. The van der Waals surface area contributed by atoms with Crippen molar-refractivity contribution in [2.45, 2.75) is 50.6 Å². The van der Waals surface area contributed by atoms with Crippen molar-refractivity contribution in [2.75, 3.05) is 0 Å². The third kappa shape index (κ3) is 6.01. The van der Waals surface area contributed by atoms with Crippen LogP contribution in [0.2, 0.25) is 22.1 Å². The number of hydrogen-bond donors (Lipinski definition) is 0. The minimum absolute atomic E-state index is 0.210. The maximum atomic E-state index is 6.85. The highest BCUT2D eigenvalue weighted by Crippen LogP contribution is 2.48. The zero-order valence-corrected chi connectivity index (χ0v) is 31.2. The summed E-state index contributed by atoms with van der Waals surface area (Å²) < 4.78 is 0. The van der Waals surface area contributed by atoms with Crippen molar-refractivity contribution in [3.05, 3.63) is 188 Å². The molecule has 0 nitrogen and oxygen atoms in total. The van der Waals surface area contributed by atoms with Crippen molar-refractivity contribution in [1.82, 2.24) is 0 Å². The van der Waals surface area contributed by atoms with Gasteiger partial charge in [-0.05, 0) is 69.2 Å².